The minimum Gasteiger partial charge on any atom is -0.380 e. The summed E-state index contributed by atoms with van der Waals surface area (Å²) >= 11 is 0. The fraction of sp³-hybridized carbons (Fsp3) is 0.917. The highest BCUT2D eigenvalue weighted by atomic mass is 16.5. The van der Waals surface area contributed by atoms with Gasteiger partial charge in [0.05, 0.1) is 13.2 Å². The topological polar surface area (TPSA) is 29.5 Å². The minimum atomic E-state index is 0.326. The standard InChI is InChI=1S/C12H21NO2/c1-10(14)11-3-5-13(6-4-11)7-12(2)8-15-9-12/h11H,3-9H2,1-2H3. The van der Waals surface area contributed by atoms with Crippen LogP contribution in [0.15, 0.2) is 0 Å². The Hall–Kier alpha value is -0.410. The highest BCUT2D eigenvalue weighted by molar-refractivity contribution is 5.78. The molecule has 0 aromatic heterocycles. The van der Waals surface area contributed by atoms with Crippen LogP contribution in [-0.4, -0.2) is 43.5 Å². The Kier molecular flexibility index (Phi) is 3.12. The third-order valence-corrected chi connectivity index (χ3v) is 3.67. The van der Waals surface area contributed by atoms with Gasteiger partial charge < -0.3 is 9.64 Å². The van der Waals surface area contributed by atoms with Gasteiger partial charge in [-0.15, -0.1) is 0 Å². The molecule has 0 bridgehead atoms. The zero-order valence-corrected chi connectivity index (χ0v) is 9.79. The van der Waals surface area contributed by atoms with Gasteiger partial charge in [0.1, 0.15) is 5.78 Å². The van der Waals surface area contributed by atoms with E-state index in [1.165, 1.54) is 0 Å². The second kappa shape index (κ2) is 4.22. The molecule has 0 aromatic rings. The van der Waals surface area contributed by atoms with Crippen LogP contribution in [0.1, 0.15) is 26.7 Å². The maximum absolute atomic E-state index is 11.2. The first kappa shape index (κ1) is 11.1. The van der Waals surface area contributed by atoms with E-state index in [9.17, 15) is 4.79 Å². The Morgan fingerprint density at radius 2 is 2.00 bits per heavy atom. The van der Waals surface area contributed by atoms with Gasteiger partial charge in [-0.3, -0.25) is 4.79 Å². The first-order chi connectivity index (χ1) is 7.09. The second-order valence-electron chi connectivity index (χ2n) is 5.46. The molecule has 0 atom stereocenters. The van der Waals surface area contributed by atoms with Crippen molar-refractivity contribution in [3.8, 4) is 0 Å². The summed E-state index contributed by atoms with van der Waals surface area (Å²) in [5.74, 6) is 0.694. The summed E-state index contributed by atoms with van der Waals surface area (Å²) in [5, 5.41) is 0. The quantitative estimate of drug-likeness (QED) is 0.705. The van der Waals surface area contributed by atoms with Crippen molar-refractivity contribution in [2.45, 2.75) is 26.7 Å². The van der Waals surface area contributed by atoms with Crippen molar-refractivity contribution in [2.24, 2.45) is 11.3 Å². The zero-order valence-electron chi connectivity index (χ0n) is 9.79. The van der Waals surface area contributed by atoms with Crippen LogP contribution in [0.3, 0.4) is 0 Å². The number of ketones is 1. The lowest BCUT2D eigenvalue weighted by Crippen LogP contribution is -2.50. The number of rotatable bonds is 3. The van der Waals surface area contributed by atoms with E-state index in [4.69, 9.17) is 4.74 Å². The highest BCUT2D eigenvalue weighted by Crippen LogP contribution is 2.29. The number of carbonyl (C=O) groups is 1. The molecule has 0 aromatic carbocycles. The largest absolute Gasteiger partial charge is 0.380 e. The number of Topliss-reactive ketones (excluding diaryl/α,β-unsaturated/α-hetero) is 1. The Labute approximate surface area is 91.8 Å². The smallest absolute Gasteiger partial charge is 0.133 e. The molecule has 0 N–H and O–H groups in total. The van der Waals surface area contributed by atoms with Crippen LogP contribution >= 0.6 is 0 Å². The second-order valence-corrected chi connectivity index (χ2v) is 5.46. The molecule has 0 saturated carbocycles. The van der Waals surface area contributed by atoms with Crippen LogP contribution < -0.4 is 0 Å². The molecule has 15 heavy (non-hydrogen) atoms. The van der Waals surface area contributed by atoms with Gasteiger partial charge in [-0.25, -0.2) is 0 Å². The number of likely N-dealkylation sites (tertiary alicyclic amines) is 1. The molecule has 2 aliphatic rings. The molecule has 0 spiro atoms. The van der Waals surface area contributed by atoms with Gasteiger partial charge in [0.2, 0.25) is 0 Å². The average Bonchev–Trinajstić information content (AvgIpc) is 2.16. The van der Waals surface area contributed by atoms with Crippen LogP contribution in [0.4, 0.5) is 0 Å². The molecule has 2 fully saturated rings. The van der Waals surface area contributed by atoms with Crippen molar-refractivity contribution in [3.05, 3.63) is 0 Å². The third kappa shape index (κ3) is 2.58. The van der Waals surface area contributed by atoms with Gasteiger partial charge in [0.25, 0.3) is 0 Å². The molecule has 0 aliphatic carbocycles. The van der Waals surface area contributed by atoms with Crippen LogP contribution in [0, 0.1) is 11.3 Å². The Bertz CT molecular complexity index is 240. The summed E-state index contributed by atoms with van der Waals surface area (Å²) in [6.07, 6.45) is 2.10. The molecule has 0 radical (unpaired) electrons. The molecule has 2 heterocycles. The molecule has 0 unspecified atom stereocenters. The monoisotopic (exact) mass is 211 g/mol. The predicted octanol–water partition coefficient (Wildman–Crippen LogP) is 1.32. The minimum absolute atomic E-state index is 0.326. The van der Waals surface area contributed by atoms with E-state index in [-0.39, 0.29) is 0 Å². The van der Waals surface area contributed by atoms with Gasteiger partial charge in [0.15, 0.2) is 0 Å². The van der Waals surface area contributed by atoms with E-state index < -0.39 is 0 Å². The summed E-state index contributed by atoms with van der Waals surface area (Å²) in [4.78, 5) is 13.7. The first-order valence-electron chi connectivity index (χ1n) is 5.90. The highest BCUT2D eigenvalue weighted by Gasteiger charge is 2.36. The molecule has 2 saturated heterocycles. The van der Waals surface area contributed by atoms with Crippen molar-refractivity contribution in [3.63, 3.8) is 0 Å². The van der Waals surface area contributed by atoms with Crippen LogP contribution in [0.2, 0.25) is 0 Å². The van der Waals surface area contributed by atoms with Crippen molar-refractivity contribution in [1.82, 2.24) is 4.90 Å². The zero-order chi connectivity index (χ0) is 10.9. The molecular weight excluding hydrogens is 190 g/mol. The van der Waals surface area contributed by atoms with Gasteiger partial charge in [-0.05, 0) is 32.9 Å². The van der Waals surface area contributed by atoms with E-state index in [1.54, 1.807) is 6.92 Å². The normalized spacial score (nSPS) is 27.3. The lowest BCUT2D eigenvalue weighted by molar-refractivity contribution is -0.126. The molecule has 3 nitrogen and oxygen atoms in total. The van der Waals surface area contributed by atoms with Crippen molar-refractivity contribution >= 4 is 5.78 Å². The average molecular weight is 211 g/mol. The molecule has 2 aliphatic heterocycles. The first-order valence-corrected chi connectivity index (χ1v) is 5.90. The van der Waals surface area contributed by atoms with Gasteiger partial charge in [-0.1, -0.05) is 6.92 Å². The third-order valence-electron chi connectivity index (χ3n) is 3.67. The number of carbonyl (C=O) groups excluding carboxylic acids is 1. The summed E-state index contributed by atoms with van der Waals surface area (Å²) in [7, 11) is 0. The number of hydrogen-bond donors (Lipinski definition) is 0. The number of nitrogens with zero attached hydrogens (tertiary/aromatic N) is 1. The van der Waals surface area contributed by atoms with Gasteiger partial charge in [-0.2, -0.15) is 0 Å². The number of piperidine rings is 1. The molecule has 2 rings (SSSR count). The Balaban J connectivity index is 1.76. The van der Waals surface area contributed by atoms with E-state index in [1.807, 2.05) is 0 Å². The van der Waals surface area contributed by atoms with Crippen LogP contribution in [0.25, 0.3) is 0 Å². The van der Waals surface area contributed by atoms with Crippen LogP contribution in [-0.2, 0) is 9.53 Å². The molecular formula is C12H21NO2. The predicted molar refractivity (Wildman–Crippen MR) is 58.8 cm³/mol. The number of hydrogen-bond acceptors (Lipinski definition) is 3. The Morgan fingerprint density at radius 1 is 1.40 bits per heavy atom. The molecule has 3 heteroatoms. The SMILES string of the molecule is CC(=O)C1CCN(CC2(C)COC2)CC1. The fourth-order valence-corrected chi connectivity index (χ4v) is 2.58. The number of ether oxygens (including phenoxy) is 1. The fourth-order valence-electron chi connectivity index (χ4n) is 2.58. The van der Waals surface area contributed by atoms with Gasteiger partial charge >= 0.3 is 0 Å². The van der Waals surface area contributed by atoms with E-state index >= 15 is 0 Å². The van der Waals surface area contributed by atoms with Crippen molar-refractivity contribution in [2.75, 3.05) is 32.8 Å². The van der Waals surface area contributed by atoms with Crippen LogP contribution in [0.5, 0.6) is 0 Å². The van der Waals surface area contributed by atoms with E-state index in [0.29, 0.717) is 17.1 Å². The lowest BCUT2D eigenvalue weighted by atomic mass is 9.86. The van der Waals surface area contributed by atoms with E-state index in [2.05, 4.69) is 11.8 Å². The maximum Gasteiger partial charge on any atom is 0.133 e. The lowest BCUT2D eigenvalue weighted by Gasteiger charge is -2.43. The van der Waals surface area contributed by atoms with Gasteiger partial charge in [0, 0.05) is 17.9 Å². The summed E-state index contributed by atoms with van der Waals surface area (Å²) in [6.45, 7) is 9.12. The summed E-state index contributed by atoms with van der Waals surface area (Å²) in [6, 6.07) is 0. The summed E-state index contributed by atoms with van der Waals surface area (Å²) in [5.41, 5.74) is 0.378. The molecule has 86 valence electrons. The Morgan fingerprint density at radius 3 is 2.40 bits per heavy atom. The maximum atomic E-state index is 11.2. The molecule has 0 amide bonds. The van der Waals surface area contributed by atoms with Crippen molar-refractivity contribution < 1.29 is 9.53 Å². The van der Waals surface area contributed by atoms with E-state index in [0.717, 1.165) is 45.7 Å². The summed E-state index contributed by atoms with van der Waals surface area (Å²) < 4.78 is 5.26. The van der Waals surface area contributed by atoms with Crippen molar-refractivity contribution in [1.29, 1.82) is 0 Å².